The monoisotopic (exact) mass is 265 g/mol. The molecule has 0 heterocycles. The number of nitrogens with zero attached hydrogens (tertiary/aromatic N) is 5. The van der Waals surface area contributed by atoms with Crippen LogP contribution >= 0.6 is 15.9 Å². The van der Waals surface area contributed by atoms with Crippen molar-refractivity contribution in [2.45, 2.75) is 0 Å². The zero-order valence-corrected chi connectivity index (χ0v) is 8.92. The van der Waals surface area contributed by atoms with E-state index < -0.39 is 5.78 Å². The maximum Gasteiger partial charge on any atom is 0.328 e. The average molecular weight is 266 g/mol. The Morgan fingerprint density at radius 1 is 1.40 bits per heavy atom. The van der Waals surface area contributed by atoms with E-state index in [9.17, 15) is 4.79 Å². The molecule has 0 unspecified atom stereocenters. The first-order valence-corrected chi connectivity index (χ1v) is 4.54. The van der Waals surface area contributed by atoms with Gasteiger partial charge >= 0.3 is 6.21 Å². The second kappa shape index (κ2) is 5.07. The molecule has 74 valence electrons. The van der Waals surface area contributed by atoms with E-state index >= 15 is 0 Å². The van der Waals surface area contributed by atoms with Gasteiger partial charge in [0.1, 0.15) is 0 Å². The summed E-state index contributed by atoms with van der Waals surface area (Å²) in [7, 11) is 0. The summed E-state index contributed by atoms with van der Waals surface area (Å²) in [4.78, 5) is 16.5. The molecule has 0 bridgehead atoms. The first kappa shape index (κ1) is 11.1. The van der Waals surface area contributed by atoms with Crippen molar-refractivity contribution in [3.05, 3.63) is 44.2 Å². The molecule has 15 heavy (non-hydrogen) atoms. The predicted octanol–water partition coefficient (Wildman–Crippen LogP) is 2.87. The van der Waals surface area contributed by atoms with E-state index in [1.54, 1.807) is 6.07 Å². The Balaban J connectivity index is 3.25. The van der Waals surface area contributed by atoms with Crippen molar-refractivity contribution in [1.29, 1.82) is 0 Å². The minimum absolute atomic E-state index is 0.268. The normalized spacial score (nSPS) is 8.60. The van der Waals surface area contributed by atoms with Gasteiger partial charge in [0, 0.05) is 20.6 Å². The molecule has 1 rings (SSSR count). The highest BCUT2D eigenvalue weighted by atomic mass is 79.9. The van der Waals surface area contributed by atoms with E-state index in [1.165, 1.54) is 12.1 Å². The van der Waals surface area contributed by atoms with Gasteiger partial charge < -0.3 is 5.53 Å². The SMILES string of the molecule is [N-]=[N+]=CC(=O)c1cc(Br)cc(N=[N+]=[N-])c1. The Kier molecular flexibility index (Phi) is 3.76. The summed E-state index contributed by atoms with van der Waals surface area (Å²) in [6, 6.07) is 4.49. The molecule has 0 aliphatic carbocycles. The Labute approximate surface area is 92.9 Å². The van der Waals surface area contributed by atoms with E-state index in [-0.39, 0.29) is 5.56 Å². The van der Waals surface area contributed by atoms with E-state index in [2.05, 4.69) is 30.7 Å². The maximum absolute atomic E-state index is 11.3. The number of Topliss-reactive ketones (excluding diaryl/α,β-unsaturated/α-hetero) is 1. The van der Waals surface area contributed by atoms with Crippen LogP contribution in [0, 0.1) is 0 Å². The number of hydrogen-bond donors (Lipinski definition) is 0. The van der Waals surface area contributed by atoms with Crippen LogP contribution in [0.3, 0.4) is 0 Å². The highest BCUT2D eigenvalue weighted by Gasteiger charge is 2.08. The molecule has 0 amide bonds. The number of ketones is 1. The Hall–Kier alpha value is -1.94. The molecule has 0 atom stereocenters. The van der Waals surface area contributed by atoms with Crippen molar-refractivity contribution < 1.29 is 9.58 Å². The van der Waals surface area contributed by atoms with E-state index in [4.69, 9.17) is 11.1 Å². The van der Waals surface area contributed by atoms with Crippen LogP contribution < -0.4 is 0 Å². The van der Waals surface area contributed by atoms with Crippen LogP contribution in [0.1, 0.15) is 10.4 Å². The third kappa shape index (κ3) is 3.03. The van der Waals surface area contributed by atoms with E-state index in [0.29, 0.717) is 10.2 Å². The number of benzene rings is 1. The fraction of sp³-hybridized carbons (Fsp3) is 0. The molecule has 7 heteroatoms. The summed E-state index contributed by atoms with van der Waals surface area (Å²) < 4.78 is 0.599. The summed E-state index contributed by atoms with van der Waals surface area (Å²) in [6.45, 7) is 0. The summed E-state index contributed by atoms with van der Waals surface area (Å²) >= 11 is 3.16. The molecule has 0 aliphatic heterocycles. The van der Waals surface area contributed by atoms with E-state index in [1.807, 2.05) is 0 Å². The fourth-order valence-electron chi connectivity index (χ4n) is 0.953. The van der Waals surface area contributed by atoms with Crippen LogP contribution in [0.5, 0.6) is 0 Å². The van der Waals surface area contributed by atoms with Crippen LogP contribution in [0.15, 0.2) is 27.8 Å². The summed E-state index contributed by atoms with van der Waals surface area (Å²) in [5.74, 6) is -0.479. The largest absolute Gasteiger partial charge is 0.361 e. The summed E-state index contributed by atoms with van der Waals surface area (Å²) in [5, 5.41) is 3.36. The van der Waals surface area contributed by atoms with Crippen molar-refractivity contribution in [2.24, 2.45) is 5.11 Å². The molecule has 0 aromatic heterocycles. The van der Waals surface area contributed by atoms with Gasteiger partial charge in [0.25, 0.3) is 5.78 Å². The van der Waals surface area contributed by atoms with Gasteiger partial charge in [-0.15, -0.1) is 0 Å². The second-order valence-electron chi connectivity index (χ2n) is 2.50. The van der Waals surface area contributed by atoms with Gasteiger partial charge in [-0.1, -0.05) is 21.0 Å². The molecule has 1 aromatic carbocycles. The highest BCUT2D eigenvalue weighted by Crippen LogP contribution is 2.22. The second-order valence-corrected chi connectivity index (χ2v) is 3.41. The average Bonchev–Trinajstić information content (AvgIpc) is 2.17. The number of halogens is 1. The van der Waals surface area contributed by atoms with Gasteiger partial charge in [0.15, 0.2) is 0 Å². The fourth-order valence-corrected chi connectivity index (χ4v) is 1.43. The van der Waals surface area contributed by atoms with Crippen LogP contribution in [-0.2, 0) is 0 Å². The zero-order chi connectivity index (χ0) is 11.3. The molecular weight excluding hydrogens is 262 g/mol. The lowest BCUT2D eigenvalue weighted by molar-refractivity contribution is 0.00235. The minimum atomic E-state index is -0.479. The molecule has 0 saturated heterocycles. The van der Waals surface area contributed by atoms with Gasteiger partial charge in [-0.05, 0) is 23.7 Å². The van der Waals surface area contributed by atoms with Crippen molar-refractivity contribution >= 4 is 33.6 Å². The number of carbonyl (C=O) groups excluding carboxylic acids is 1. The smallest absolute Gasteiger partial charge is 0.328 e. The van der Waals surface area contributed by atoms with Crippen molar-refractivity contribution in [1.82, 2.24) is 0 Å². The standard InChI is InChI=1S/C8H4BrN5O/c9-6-1-5(8(15)4-12-10)2-7(3-6)13-14-11/h1-4H. The first-order chi connectivity index (χ1) is 7.17. The lowest BCUT2D eigenvalue weighted by Crippen LogP contribution is -2.00. The highest BCUT2D eigenvalue weighted by molar-refractivity contribution is 9.10. The Morgan fingerprint density at radius 3 is 2.73 bits per heavy atom. The van der Waals surface area contributed by atoms with Crippen LogP contribution in [-0.4, -0.2) is 16.8 Å². The molecule has 0 aliphatic rings. The summed E-state index contributed by atoms with van der Waals surface area (Å²) in [5.41, 5.74) is 17.0. The van der Waals surface area contributed by atoms with Crippen LogP contribution in [0.2, 0.25) is 0 Å². The number of carbonyl (C=O) groups is 1. The van der Waals surface area contributed by atoms with Gasteiger partial charge in [0.2, 0.25) is 0 Å². The molecule has 0 spiro atoms. The Bertz CT molecular complexity index is 500. The van der Waals surface area contributed by atoms with Gasteiger partial charge in [-0.3, -0.25) is 4.79 Å². The predicted molar refractivity (Wildman–Crippen MR) is 57.0 cm³/mol. The molecular formula is C8H4BrN5O. The van der Waals surface area contributed by atoms with Crippen molar-refractivity contribution in [2.75, 3.05) is 0 Å². The van der Waals surface area contributed by atoms with Crippen molar-refractivity contribution in [3.63, 3.8) is 0 Å². The quantitative estimate of drug-likeness (QED) is 0.271. The number of azide groups is 1. The number of rotatable bonds is 3. The van der Waals surface area contributed by atoms with Gasteiger partial charge in [-0.25, -0.2) is 0 Å². The molecule has 0 saturated carbocycles. The third-order valence-corrected chi connectivity index (χ3v) is 1.96. The zero-order valence-electron chi connectivity index (χ0n) is 7.33. The molecule has 0 N–H and O–H groups in total. The van der Waals surface area contributed by atoms with Crippen LogP contribution in [0.25, 0.3) is 16.0 Å². The first-order valence-electron chi connectivity index (χ1n) is 3.75. The van der Waals surface area contributed by atoms with Gasteiger partial charge in [-0.2, -0.15) is 4.79 Å². The number of hydrogen-bond acceptors (Lipinski definition) is 2. The van der Waals surface area contributed by atoms with Crippen molar-refractivity contribution in [3.8, 4) is 0 Å². The Morgan fingerprint density at radius 2 is 2.13 bits per heavy atom. The third-order valence-electron chi connectivity index (χ3n) is 1.50. The van der Waals surface area contributed by atoms with E-state index in [0.717, 1.165) is 6.21 Å². The minimum Gasteiger partial charge on any atom is -0.361 e. The lowest BCUT2D eigenvalue weighted by atomic mass is 10.1. The lowest BCUT2D eigenvalue weighted by Gasteiger charge is -1.97. The molecule has 6 nitrogen and oxygen atoms in total. The van der Waals surface area contributed by atoms with Crippen LogP contribution in [0.4, 0.5) is 5.69 Å². The topological polar surface area (TPSA) is 102 Å². The molecule has 0 radical (unpaired) electrons. The van der Waals surface area contributed by atoms with Gasteiger partial charge in [0.05, 0.1) is 0 Å². The molecule has 1 aromatic rings. The molecule has 0 fully saturated rings. The summed E-state index contributed by atoms with van der Waals surface area (Å²) in [6.07, 6.45) is 0.766. The maximum atomic E-state index is 11.3.